The van der Waals surface area contributed by atoms with Crippen molar-refractivity contribution in [2.24, 2.45) is 16.8 Å². The number of benzene rings is 1. The van der Waals surface area contributed by atoms with Crippen LogP contribution in [0.15, 0.2) is 27.8 Å². The van der Waals surface area contributed by atoms with Gasteiger partial charge >= 0.3 is 0 Å². The summed E-state index contributed by atoms with van der Waals surface area (Å²) >= 11 is 3.43. The second kappa shape index (κ2) is 5.79. The van der Waals surface area contributed by atoms with E-state index in [0.29, 0.717) is 11.5 Å². The number of amidine groups is 1. The monoisotopic (exact) mass is 327 g/mol. The minimum Gasteiger partial charge on any atom is -0.409 e. The van der Waals surface area contributed by atoms with E-state index in [1.165, 1.54) is 0 Å². The second-order valence-corrected chi connectivity index (χ2v) is 5.74. The predicted molar refractivity (Wildman–Crippen MR) is 78.7 cm³/mol. The number of hydrogen-bond acceptors (Lipinski definition) is 4. The van der Waals surface area contributed by atoms with Gasteiger partial charge in [0.15, 0.2) is 5.84 Å². The van der Waals surface area contributed by atoms with Gasteiger partial charge in [-0.2, -0.15) is 0 Å². The fourth-order valence-electron chi connectivity index (χ4n) is 2.38. The van der Waals surface area contributed by atoms with Crippen molar-refractivity contribution >= 4 is 27.5 Å². The van der Waals surface area contributed by atoms with Gasteiger partial charge in [-0.1, -0.05) is 5.16 Å². The fraction of sp³-hybridized carbons (Fsp3) is 0.462. The first kappa shape index (κ1) is 14.1. The lowest BCUT2D eigenvalue weighted by molar-refractivity contribution is 0.136. The molecule has 0 aromatic heterocycles. The lowest BCUT2D eigenvalue weighted by Crippen LogP contribution is -2.24. The summed E-state index contributed by atoms with van der Waals surface area (Å²) in [6.07, 6.45) is 0.724. The third-order valence-corrected chi connectivity index (χ3v) is 4.26. The highest BCUT2D eigenvalue weighted by Gasteiger charge is 2.26. The smallest absolute Gasteiger partial charge is 0.171 e. The van der Waals surface area contributed by atoms with E-state index in [-0.39, 0.29) is 11.9 Å². The number of hydrogen-bond donors (Lipinski definition) is 3. The van der Waals surface area contributed by atoms with Crippen molar-refractivity contribution in [3.8, 4) is 0 Å². The van der Waals surface area contributed by atoms with E-state index in [2.05, 4.69) is 26.0 Å². The number of aliphatic hydroxyl groups is 1. The van der Waals surface area contributed by atoms with Crippen molar-refractivity contribution < 1.29 is 10.3 Å². The molecule has 104 valence electrons. The molecule has 2 rings (SSSR count). The summed E-state index contributed by atoms with van der Waals surface area (Å²) in [4.78, 5) is 2.23. The Kier molecular flexibility index (Phi) is 4.31. The van der Waals surface area contributed by atoms with Crippen molar-refractivity contribution in [2.75, 3.05) is 18.0 Å². The average molecular weight is 328 g/mol. The molecule has 1 aromatic rings. The van der Waals surface area contributed by atoms with Crippen LogP contribution in [0.2, 0.25) is 0 Å². The van der Waals surface area contributed by atoms with Crippen molar-refractivity contribution in [1.29, 1.82) is 0 Å². The van der Waals surface area contributed by atoms with Gasteiger partial charge in [-0.3, -0.25) is 0 Å². The molecule has 0 saturated carbocycles. The number of oxime groups is 1. The van der Waals surface area contributed by atoms with Crippen LogP contribution in [0.1, 0.15) is 18.9 Å². The summed E-state index contributed by atoms with van der Waals surface area (Å²) in [6.45, 7) is 3.63. The molecule has 0 radical (unpaired) electrons. The number of aliphatic hydroxyl groups excluding tert-OH is 1. The van der Waals surface area contributed by atoms with E-state index >= 15 is 0 Å². The van der Waals surface area contributed by atoms with Crippen LogP contribution in [-0.4, -0.2) is 35.3 Å². The van der Waals surface area contributed by atoms with Gasteiger partial charge in [0.2, 0.25) is 0 Å². The first-order chi connectivity index (χ1) is 9.02. The van der Waals surface area contributed by atoms with E-state index in [0.717, 1.165) is 29.7 Å². The second-order valence-electron chi connectivity index (χ2n) is 4.88. The Morgan fingerprint density at radius 1 is 1.58 bits per heavy atom. The van der Waals surface area contributed by atoms with Gasteiger partial charge in [0.05, 0.1) is 6.10 Å². The lowest BCUT2D eigenvalue weighted by Gasteiger charge is -2.20. The van der Waals surface area contributed by atoms with Crippen LogP contribution in [-0.2, 0) is 0 Å². The van der Waals surface area contributed by atoms with Crippen LogP contribution in [0, 0.1) is 5.92 Å². The van der Waals surface area contributed by atoms with E-state index in [9.17, 15) is 5.11 Å². The quantitative estimate of drug-likeness (QED) is 0.342. The van der Waals surface area contributed by atoms with E-state index in [1.807, 2.05) is 25.1 Å². The number of halogens is 1. The molecular weight excluding hydrogens is 310 g/mol. The normalized spacial score (nSPS) is 21.7. The molecule has 0 spiro atoms. The van der Waals surface area contributed by atoms with Gasteiger partial charge in [-0.15, -0.1) is 0 Å². The Bertz CT molecular complexity index is 491. The van der Waals surface area contributed by atoms with Crippen molar-refractivity contribution in [2.45, 2.75) is 19.4 Å². The van der Waals surface area contributed by atoms with Gasteiger partial charge in [-0.25, -0.2) is 0 Å². The zero-order chi connectivity index (χ0) is 14.0. The van der Waals surface area contributed by atoms with Crippen LogP contribution >= 0.6 is 15.9 Å². The highest BCUT2D eigenvalue weighted by Crippen LogP contribution is 2.29. The first-order valence-electron chi connectivity index (χ1n) is 6.23. The fourth-order valence-corrected chi connectivity index (χ4v) is 2.95. The molecule has 6 heteroatoms. The number of anilines is 1. The lowest BCUT2D eigenvalue weighted by atomic mass is 10.0. The van der Waals surface area contributed by atoms with E-state index in [4.69, 9.17) is 10.9 Å². The summed E-state index contributed by atoms with van der Waals surface area (Å²) in [5.74, 6) is 0.407. The third-order valence-electron chi connectivity index (χ3n) is 3.61. The number of nitrogens with zero attached hydrogens (tertiary/aromatic N) is 2. The third kappa shape index (κ3) is 3.01. The number of nitrogens with two attached hydrogens (primary N) is 1. The predicted octanol–water partition coefficient (Wildman–Crippen LogP) is 1.75. The Morgan fingerprint density at radius 2 is 2.32 bits per heavy atom. The molecule has 0 bridgehead atoms. The minimum absolute atomic E-state index is 0.0849. The highest BCUT2D eigenvalue weighted by atomic mass is 79.9. The van der Waals surface area contributed by atoms with E-state index in [1.54, 1.807) is 0 Å². The Morgan fingerprint density at radius 3 is 2.84 bits per heavy atom. The van der Waals surface area contributed by atoms with Gasteiger partial charge in [0, 0.05) is 34.7 Å². The van der Waals surface area contributed by atoms with Gasteiger partial charge < -0.3 is 20.9 Å². The maximum atomic E-state index is 9.62. The molecule has 19 heavy (non-hydrogen) atoms. The summed E-state index contributed by atoms with van der Waals surface area (Å²) in [6, 6.07) is 5.73. The molecule has 4 N–H and O–H groups in total. The molecule has 5 nitrogen and oxygen atoms in total. The topological polar surface area (TPSA) is 82.1 Å². The van der Waals surface area contributed by atoms with Crippen LogP contribution in [0.25, 0.3) is 0 Å². The molecular formula is C13H18BrN3O2. The Labute approximate surface area is 120 Å². The largest absolute Gasteiger partial charge is 0.409 e. The Hall–Kier alpha value is -1.27. The molecule has 1 fully saturated rings. The molecule has 1 aromatic carbocycles. The summed E-state index contributed by atoms with van der Waals surface area (Å²) < 4.78 is 0.792. The van der Waals surface area contributed by atoms with Crippen molar-refractivity contribution in [1.82, 2.24) is 0 Å². The van der Waals surface area contributed by atoms with Gasteiger partial charge in [0.25, 0.3) is 0 Å². The summed E-state index contributed by atoms with van der Waals surface area (Å²) in [7, 11) is 0. The van der Waals surface area contributed by atoms with Gasteiger partial charge in [-0.05, 0) is 47.5 Å². The molecule has 1 aliphatic heterocycles. The zero-order valence-corrected chi connectivity index (χ0v) is 12.3. The number of rotatable bonds is 3. The van der Waals surface area contributed by atoms with Crippen LogP contribution < -0.4 is 10.6 Å². The maximum Gasteiger partial charge on any atom is 0.171 e. The molecule has 1 saturated heterocycles. The van der Waals surface area contributed by atoms with Gasteiger partial charge in [0.1, 0.15) is 0 Å². The van der Waals surface area contributed by atoms with Crippen LogP contribution in [0.5, 0.6) is 0 Å². The summed E-state index contributed by atoms with van der Waals surface area (Å²) in [5.41, 5.74) is 7.32. The molecule has 1 heterocycles. The van der Waals surface area contributed by atoms with Crippen molar-refractivity contribution in [3.63, 3.8) is 0 Å². The Balaban J connectivity index is 2.17. The minimum atomic E-state index is -0.273. The zero-order valence-electron chi connectivity index (χ0n) is 10.8. The maximum absolute atomic E-state index is 9.62. The molecule has 0 aliphatic carbocycles. The SMILES string of the molecule is CC(O)C1CCN(c2ccc(/C(N)=N/O)c(Br)c2)C1. The molecule has 0 amide bonds. The molecule has 1 aliphatic rings. The molecule has 2 atom stereocenters. The van der Waals surface area contributed by atoms with E-state index < -0.39 is 0 Å². The van der Waals surface area contributed by atoms with Crippen molar-refractivity contribution in [3.05, 3.63) is 28.2 Å². The average Bonchev–Trinajstić information content (AvgIpc) is 2.87. The standard InChI is InChI=1S/C13H18BrN3O2/c1-8(18)9-4-5-17(7-9)10-2-3-11(12(14)6-10)13(15)16-19/h2-3,6,8-9,18-19H,4-5,7H2,1H3,(H2,15,16). The highest BCUT2D eigenvalue weighted by molar-refractivity contribution is 9.10. The first-order valence-corrected chi connectivity index (χ1v) is 7.02. The molecule has 2 unspecified atom stereocenters. The summed E-state index contributed by atoms with van der Waals surface area (Å²) in [5, 5.41) is 21.3. The van der Waals surface area contributed by atoms with Crippen LogP contribution in [0.4, 0.5) is 5.69 Å². The van der Waals surface area contributed by atoms with Crippen LogP contribution in [0.3, 0.4) is 0 Å².